The van der Waals surface area contributed by atoms with Crippen LogP contribution in [-0.2, 0) is 13.0 Å². The first kappa shape index (κ1) is 9.85. The van der Waals surface area contributed by atoms with Gasteiger partial charge in [0.1, 0.15) is 5.82 Å². The van der Waals surface area contributed by atoms with Crippen molar-refractivity contribution in [2.75, 3.05) is 0 Å². The summed E-state index contributed by atoms with van der Waals surface area (Å²) >= 11 is 0. The predicted octanol–water partition coefficient (Wildman–Crippen LogP) is 2.36. The third kappa shape index (κ3) is 1.71. The third-order valence-corrected chi connectivity index (χ3v) is 3.54. The van der Waals surface area contributed by atoms with E-state index in [0.717, 1.165) is 34.8 Å². The van der Waals surface area contributed by atoms with Gasteiger partial charge in [-0.05, 0) is 23.6 Å². The fourth-order valence-corrected chi connectivity index (χ4v) is 2.30. The Morgan fingerprint density at radius 1 is 1.38 bits per heavy atom. The second-order valence-corrected chi connectivity index (χ2v) is 4.74. The summed E-state index contributed by atoms with van der Waals surface area (Å²) in [7, 11) is 0. The van der Waals surface area contributed by atoms with Crippen LogP contribution in [0.15, 0.2) is 18.2 Å². The Kier molecular flexibility index (Phi) is 2.40. The molecule has 3 heteroatoms. The van der Waals surface area contributed by atoms with E-state index in [4.69, 9.17) is 5.73 Å². The topological polar surface area (TPSA) is 54.7 Å². The maximum atomic E-state index is 5.62. The largest absolute Gasteiger partial charge is 0.342 e. The van der Waals surface area contributed by atoms with Gasteiger partial charge in [0.2, 0.25) is 0 Å². The zero-order chi connectivity index (χ0) is 11.0. The fourth-order valence-electron chi connectivity index (χ4n) is 2.30. The van der Waals surface area contributed by atoms with E-state index in [2.05, 4.69) is 28.2 Å². The highest BCUT2D eigenvalue weighted by atomic mass is 14.9. The van der Waals surface area contributed by atoms with E-state index < -0.39 is 0 Å². The Morgan fingerprint density at radius 3 is 2.94 bits per heavy atom. The second-order valence-electron chi connectivity index (χ2n) is 4.74. The molecule has 0 unspecified atom stereocenters. The molecule has 1 aliphatic rings. The molecule has 0 bridgehead atoms. The van der Waals surface area contributed by atoms with E-state index in [1.54, 1.807) is 0 Å². The van der Waals surface area contributed by atoms with Crippen molar-refractivity contribution in [2.45, 2.75) is 32.2 Å². The number of fused-ring (bicyclic) bond motifs is 1. The average Bonchev–Trinajstić information content (AvgIpc) is 2.64. The van der Waals surface area contributed by atoms with Crippen molar-refractivity contribution in [1.82, 2.24) is 9.97 Å². The summed E-state index contributed by atoms with van der Waals surface area (Å²) < 4.78 is 0. The number of nitrogens with two attached hydrogens (primary N) is 1. The van der Waals surface area contributed by atoms with Gasteiger partial charge in [-0.25, -0.2) is 4.98 Å². The normalized spacial score (nSPS) is 16.6. The van der Waals surface area contributed by atoms with Crippen LogP contribution >= 0.6 is 0 Å². The van der Waals surface area contributed by atoms with Gasteiger partial charge in [0.25, 0.3) is 0 Å². The van der Waals surface area contributed by atoms with Crippen LogP contribution in [0.3, 0.4) is 0 Å². The monoisotopic (exact) mass is 215 g/mol. The number of hydrogen-bond acceptors (Lipinski definition) is 2. The summed E-state index contributed by atoms with van der Waals surface area (Å²) in [6.45, 7) is 0.590. The highest BCUT2D eigenvalue weighted by molar-refractivity contribution is 5.75. The van der Waals surface area contributed by atoms with E-state index in [0.29, 0.717) is 6.54 Å². The molecule has 0 radical (unpaired) electrons. The smallest absolute Gasteiger partial charge is 0.107 e. The summed E-state index contributed by atoms with van der Waals surface area (Å²) in [4.78, 5) is 8.02. The minimum absolute atomic E-state index is 0.590. The number of nitrogens with one attached hydrogen (secondary N) is 1. The quantitative estimate of drug-likeness (QED) is 0.825. The highest BCUT2D eigenvalue weighted by Gasteiger charge is 2.19. The van der Waals surface area contributed by atoms with Crippen molar-refractivity contribution >= 4 is 11.0 Å². The number of hydrogen-bond donors (Lipinski definition) is 2. The van der Waals surface area contributed by atoms with Gasteiger partial charge in [-0.3, -0.25) is 0 Å². The van der Waals surface area contributed by atoms with Crippen molar-refractivity contribution in [2.24, 2.45) is 11.7 Å². The first-order valence-electron chi connectivity index (χ1n) is 6.03. The summed E-state index contributed by atoms with van der Waals surface area (Å²) in [6, 6.07) is 6.21. The van der Waals surface area contributed by atoms with Crippen molar-refractivity contribution in [3.05, 3.63) is 29.6 Å². The van der Waals surface area contributed by atoms with Crippen LogP contribution in [0.5, 0.6) is 0 Å². The standard InChI is InChI=1S/C13H17N3/c14-8-10-4-5-11-12(6-10)16-13(15-11)7-9-2-1-3-9/h4-6,9H,1-3,7-8,14H2,(H,15,16). The lowest BCUT2D eigenvalue weighted by molar-refractivity contribution is 0.310. The molecule has 3 N–H and O–H groups in total. The van der Waals surface area contributed by atoms with Gasteiger partial charge >= 0.3 is 0 Å². The molecule has 1 fully saturated rings. The zero-order valence-electron chi connectivity index (χ0n) is 9.37. The average molecular weight is 215 g/mol. The number of nitrogens with zero attached hydrogens (tertiary/aromatic N) is 1. The van der Waals surface area contributed by atoms with Gasteiger partial charge < -0.3 is 10.7 Å². The molecular weight excluding hydrogens is 198 g/mol. The number of rotatable bonds is 3. The first-order chi connectivity index (χ1) is 7.85. The van der Waals surface area contributed by atoms with Crippen LogP contribution in [0.4, 0.5) is 0 Å². The van der Waals surface area contributed by atoms with Gasteiger partial charge in [0.15, 0.2) is 0 Å². The minimum Gasteiger partial charge on any atom is -0.342 e. The van der Waals surface area contributed by atoms with Crippen LogP contribution in [-0.4, -0.2) is 9.97 Å². The van der Waals surface area contributed by atoms with Gasteiger partial charge in [-0.2, -0.15) is 0 Å². The lowest BCUT2D eigenvalue weighted by atomic mass is 9.83. The maximum absolute atomic E-state index is 5.62. The van der Waals surface area contributed by atoms with E-state index in [1.807, 2.05) is 0 Å². The molecular formula is C13H17N3. The molecule has 84 valence electrons. The second kappa shape index (κ2) is 3.91. The van der Waals surface area contributed by atoms with E-state index in [9.17, 15) is 0 Å². The van der Waals surface area contributed by atoms with Crippen LogP contribution < -0.4 is 5.73 Å². The van der Waals surface area contributed by atoms with E-state index in [1.165, 1.54) is 19.3 Å². The van der Waals surface area contributed by atoms with Crippen molar-refractivity contribution in [3.63, 3.8) is 0 Å². The molecule has 1 heterocycles. The van der Waals surface area contributed by atoms with E-state index >= 15 is 0 Å². The molecule has 1 aromatic heterocycles. The Morgan fingerprint density at radius 2 is 2.25 bits per heavy atom. The molecule has 0 spiro atoms. The van der Waals surface area contributed by atoms with Gasteiger partial charge in [0, 0.05) is 13.0 Å². The molecule has 0 atom stereocenters. The summed E-state index contributed by atoms with van der Waals surface area (Å²) in [5.74, 6) is 1.99. The summed E-state index contributed by atoms with van der Waals surface area (Å²) in [5.41, 5.74) is 8.97. The maximum Gasteiger partial charge on any atom is 0.107 e. The zero-order valence-corrected chi connectivity index (χ0v) is 9.37. The molecule has 0 saturated heterocycles. The third-order valence-electron chi connectivity index (χ3n) is 3.54. The van der Waals surface area contributed by atoms with Gasteiger partial charge in [-0.1, -0.05) is 25.3 Å². The van der Waals surface area contributed by atoms with Crippen LogP contribution in [0.25, 0.3) is 11.0 Å². The molecule has 3 nitrogen and oxygen atoms in total. The molecule has 1 saturated carbocycles. The first-order valence-corrected chi connectivity index (χ1v) is 6.03. The molecule has 3 rings (SSSR count). The van der Waals surface area contributed by atoms with Crippen LogP contribution in [0.2, 0.25) is 0 Å². The molecule has 0 aliphatic heterocycles. The predicted molar refractivity (Wildman–Crippen MR) is 65.0 cm³/mol. The van der Waals surface area contributed by atoms with Gasteiger partial charge in [0.05, 0.1) is 11.0 Å². The van der Waals surface area contributed by atoms with Gasteiger partial charge in [-0.15, -0.1) is 0 Å². The van der Waals surface area contributed by atoms with E-state index in [-0.39, 0.29) is 0 Å². The summed E-state index contributed by atoms with van der Waals surface area (Å²) in [5, 5.41) is 0. The number of benzene rings is 1. The number of imidazole rings is 1. The molecule has 2 aromatic rings. The molecule has 16 heavy (non-hydrogen) atoms. The number of aromatic amines is 1. The molecule has 1 aliphatic carbocycles. The Labute approximate surface area is 95.1 Å². The van der Waals surface area contributed by atoms with Crippen molar-refractivity contribution < 1.29 is 0 Å². The summed E-state index contributed by atoms with van der Waals surface area (Å²) in [6.07, 6.45) is 5.23. The SMILES string of the molecule is NCc1ccc2nc(CC3CCC3)[nH]c2c1. The minimum atomic E-state index is 0.590. The van der Waals surface area contributed by atoms with Crippen LogP contribution in [0.1, 0.15) is 30.7 Å². The number of aromatic nitrogens is 2. The Bertz CT molecular complexity index is 497. The van der Waals surface area contributed by atoms with Crippen molar-refractivity contribution in [3.8, 4) is 0 Å². The highest BCUT2D eigenvalue weighted by Crippen LogP contribution is 2.29. The number of H-pyrrole nitrogens is 1. The lowest BCUT2D eigenvalue weighted by Crippen LogP contribution is -2.14. The lowest BCUT2D eigenvalue weighted by Gasteiger charge is -2.23. The Hall–Kier alpha value is -1.35. The molecule has 1 aromatic carbocycles. The van der Waals surface area contributed by atoms with Crippen molar-refractivity contribution in [1.29, 1.82) is 0 Å². The fraction of sp³-hybridized carbons (Fsp3) is 0.462. The van der Waals surface area contributed by atoms with Crippen LogP contribution in [0, 0.1) is 5.92 Å². The molecule has 0 amide bonds. The Balaban J connectivity index is 1.89.